The number of hydrogen-bond donors (Lipinski definition) is 7. The van der Waals surface area contributed by atoms with E-state index < -0.39 is 19.8 Å². The average Bonchev–Trinajstić information content (AvgIpc) is 1.82. The number of hydrogen-bond acceptors (Lipinski definition) is 4. The minimum atomic E-state index is -4.64. The van der Waals surface area contributed by atoms with Crippen molar-refractivity contribution in [3.8, 4) is 0 Å². The van der Waals surface area contributed by atoms with Crippen LogP contribution in [-0.2, 0) is 9.36 Å². The number of aliphatic carboxylic acids is 1. The van der Waals surface area contributed by atoms with Crippen molar-refractivity contribution >= 4 is 19.8 Å². The van der Waals surface area contributed by atoms with Gasteiger partial charge in [-0.1, -0.05) is 0 Å². The smallest absolute Gasteiger partial charge is 0.466 e. The van der Waals surface area contributed by atoms with Gasteiger partial charge in [0.05, 0.1) is 6.54 Å². The summed E-state index contributed by atoms with van der Waals surface area (Å²) in [5.74, 6) is -0.968. The quantitative estimate of drug-likeness (QED) is 0.233. The van der Waals surface area contributed by atoms with Crippen LogP contribution in [0.1, 0.15) is 0 Å². The Morgan fingerprint density at radius 2 is 1.21 bits per heavy atom. The molecule has 0 aliphatic heterocycles. The number of carboxylic acid groups (broad SMARTS) is 1. The molecular formula is C3H12N3O7P. The number of carbonyl (C=O) groups excluding carboxylic acids is 1. The second kappa shape index (κ2) is 9.89. The highest BCUT2D eigenvalue weighted by Crippen LogP contribution is 2.25. The fourth-order valence-corrected chi connectivity index (χ4v) is 0. The largest absolute Gasteiger partial charge is 0.480 e. The lowest BCUT2D eigenvalue weighted by Gasteiger charge is -1.82. The summed E-state index contributed by atoms with van der Waals surface area (Å²) in [6.07, 6.45) is 0. The maximum absolute atomic E-state index is 9.24. The maximum Gasteiger partial charge on any atom is 0.466 e. The van der Waals surface area contributed by atoms with Gasteiger partial charge in [0.25, 0.3) is 0 Å². The minimum absolute atomic E-state index is 0.278. The van der Waals surface area contributed by atoms with Crippen LogP contribution in [0.25, 0.3) is 0 Å². The van der Waals surface area contributed by atoms with Gasteiger partial charge in [-0.15, -0.1) is 0 Å². The molecule has 0 saturated heterocycles. The van der Waals surface area contributed by atoms with Crippen LogP contribution in [0.4, 0.5) is 4.79 Å². The Morgan fingerprint density at radius 1 is 1.14 bits per heavy atom. The first-order valence-electron chi connectivity index (χ1n) is 2.75. The average molecular weight is 233 g/mol. The van der Waals surface area contributed by atoms with Crippen LogP contribution in [0, 0.1) is 0 Å². The molecule has 0 spiro atoms. The van der Waals surface area contributed by atoms with E-state index in [0.29, 0.717) is 0 Å². The van der Waals surface area contributed by atoms with Crippen LogP contribution < -0.4 is 17.2 Å². The summed E-state index contributed by atoms with van der Waals surface area (Å²) in [4.78, 5) is 39.8. The summed E-state index contributed by atoms with van der Waals surface area (Å²) in [6.45, 7) is -0.278. The van der Waals surface area contributed by atoms with Crippen molar-refractivity contribution in [1.29, 1.82) is 0 Å². The molecule has 0 aromatic rings. The normalized spacial score (nSPS) is 8.57. The van der Waals surface area contributed by atoms with E-state index in [0.717, 1.165) is 0 Å². The van der Waals surface area contributed by atoms with Gasteiger partial charge in [-0.05, 0) is 0 Å². The van der Waals surface area contributed by atoms with Crippen LogP contribution in [0.15, 0.2) is 0 Å². The zero-order valence-electron chi connectivity index (χ0n) is 6.90. The number of urea groups is 1. The second-order valence-corrected chi connectivity index (χ2v) is 2.54. The predicted molar refractivity (Wildman–Crippen MR) is 44.7 cm³/mol. The molecule has 0 fully saturated rings. The van der Waals surface area contributed by atoms with E-state index in [1.54, 1.807) is 0 Å². The Morgan fingerprint density at radius 3 is 1.21 bits per heavy atom. The molecule has 0 aromatic carbocycles. The molecule has 0 unspecified atom stereocenters. The second-order valence-electron chi connectivity index (χ2n) is 1.51. The summed E-state index contributed by atoms with van der Waals surface area (Å²) >= 11 is 0. The van der Waals surface area contributed by atoms with Gasteiger partial charge in [-0.3, -0.25) is 4.79 Å². The van der Waals surface area contributed by atoms with Gasteiger partial charge in [-0.2, -0.15) is 0 Å². The molecule has 0 atom stereocenters. The summed E-state index contributed by atoms with van der Waals surface area (Å²) in [5, 5.41) is 7.60. The van der Waals surface area contributed by atoms with Crippen LogP contribution in [0.5, 0.6) is 0 Å². The molecule has 0 rings (SSSR count). The number of carbonyl (C=O) groups is 2. The van der Waals surface area contributed by atoms with Gasteiger partial charge in [-0.25, -0.2) is 9.36 Å². The summed E-state index contributed by atoms with van der Waals surface area (Å²) < 4.78 is 8.88. The standard InChI is InChI=1S/C2H5NO2.CH4N2O.H3O4P/c3-1-2(4)5;2-1(3)4;1-5(2,3)4/h1,3H2,(H,4,5);(H4,2,3,4);(H3,1,2,3,4). The molecule has 0 saturated carbocycles. The van der Waals surface area contributed by atoms with Gasteiger partial charge >= 0.3 is 19.8 Å². The number of primary amides is 2. The highest BCUT2D eigenvalue weighted by molar-refractivity contribution is 7.45. The molecule has 0 aliphatic rings. The molecule has 0 radical (unpaired) electrons. The van der Waals surface area contributed by atoms with Crippen molar-refractivity contribution in [3.63, 3.8) is 0 Å². The number of amides is 2. The van der Waals surface area contributed by atoms with Gasteiger partial charge in [0.1, 0.15) is 0 Å². The number of rotatable bonds is 1. The minimum Gasteiger partial charge on any atom is -0.480 e. The Bertz CT molecular complexity index is 200. The van der Waals surface area contributed by atoms with Crippen molar-refractivity contribution in [2.75, 3.05) is 6.54 Å². The molecule has 11 heteroatoms. The molecule has 86 valence electrons. The third-order valence-electron chi connectivity index (χ3n) is 0.175. The molecule has 10 nitrogen and oxygen atoms in total. The zero-order valence-corrected chi connectivity index (χ0v) is 7.79. The fourth-order valence-electron chi connectivity index (χ4n) is 0. The monoisotopic (exact) mass is 233 g/mol. The maximum atomic E-state index is 9.24. The molecule has 2 amide bonds. The third kappa shape index (κ3) is 1590. The number of nitrogens with two attached hydrogens (primary N) is 3. The van der Waals surface area contributed by atoms with Crippen LogP contribution >= 0.6 is 7.82 Å². The Hall–Kier alpha value is -1.19. The lowest BCUT2D eigenvalue weighted by Crippen LogP contribution is -2.18. The molecule has 0 aliphatic carbocycles. The zero-order chi connectivity index (χ0) is 12.4. The van der Waals surface area contributed by atoms with Crippen molar-refractivity contribution in [2.24, 2.45) is 17.2 Å². The molecule has 0 bridgehead atoms. The van der Waals surface area contributed by atoms with E-state index >= 15 is 0 Å². The van der Waals surface area contributed by atoms with E-state index in [2.05, 4.69) is 17.2 Å². The Balaban J connectivity index is -0.000000131. The van der Waals surface area contributed by atoms with Gasteiger partial charge in [0, 0.05) is 0 Å². The van der Waals surface area contributed by atoms with Gasteiger partial charge in [0.15, 0.2) is 0 Å². The lowest BCUT2D eigenvalue weighted by atomic mass is 10.7. The first kappa shape index (κ1) is 18.6. The predicted octanol–water partition coefficient (Wildman–Crippen LogP) is -2.88. The van der Waals surface area contributed by atoms with Crippen molar-refractivity contribution in [1.82, 2.24) is 0 Å². The van der Waals surface area contributed by atoms with Crippen LogP contribution in [0.2, 0.25) is 0 Å². The highest BCUT2D eigenvalue weighted by Gasteiger charge is 2.00. The molecule has 0 heterocycles. The molecule has 14 heavy (non-hydrogen) atoms. The Labute approximate surface area is 78.6 Å². The molecule has 10 N–H and O–H groups in total. The topological polar surface area (TPSA) is 210 Å². The van der Waals surface area contributed by atoms with Crippen molar-refractivity contribution in [2.45, 2.75) is 0 Å². The van der Waals surface area contributed by atoms with Crippen molar-refractivity contribution < 1.29 is 33.9 Å². The van der Waals surface area contributed by atoms with Crippen molar-refractivity contribution in [3.05, 3.63) is 0 Å². The first-order valence-corrected chi connectivity index (χ1v) is 4.32. The summed E-state index contributed by atoms with van der Waals surface area (Å²) in [5.41, 5.74) is 13.1. The van der Waals surface area contributed by atoms with Crippen LogP contribution in [0.3, 0.4) is 0 Å². The SMILES string of the molecule is NC(N)=O.NCC(=O)O.O=P(O)(O)O. The van der Waals surface area contributed by atoms with E-state index in [1.807, 2.05) is 0 Å². The summed E-state index contributed by atoms with van der Waals surface area (Å²) in [7, 11) is -4.64. The molecule has 0 aromatic heterocycles. The summed E-state index contributed by atoms with van der Waals surface area (Å²) in [6, 6.07) is -0.833. The van der Waals surface area contributed by atoms with E-state index in [4.69, 9.17) is 29.1 Å². The van der Waals surface area contributed by atoms with E-state index in [9.17, 15) is 4.79 Å². The van der Waals surface area contributed by atoms with E-state index in [-0.39, 0.29) is 6.54 Å². The fraction of sp³-hybridized carbons (Fsp3) is 0.333. The third-order valence-corrected chi connectivity index (χ3v) is 0.175. The first-order chi connectivity index (χ1) is 6.00. The lowest BCUT2D eigenvalue weighted by molar-refractivity contribution is -0.135. The van der Waals surface area contributed by atoms with Gasteiger partial charge < -0.3 is 37.0 Å². The molecular weight excluding hydrogens is 221 g/mol. The Kier molecular flexibility index (Phi) is 13.1. The van der Waals surface area contributed by atoms with Gasteiger partial charge in [0.2, 0.25) is 0 Å². The van der Waals surface area contributed by atoms with Crippen LogP contribution in [-0.4, -0.2) is 38.3 Å². The van der Waals surface area contributed by atoms with E-state index in [1.165, 1.54) is 0 Å². The number of carboxylic acids is 1. The number of phosphoric acid groups is 1. The highest BCUT2D eigenvalue weighted by atomic mass is 31.2.